The van der Waals surface area contributed by atoms with Crippen molar-refractivity contribution in [1.82, 2.24) is 0 Å². The second kappa shape index (κ2) is 12.0. The number of hydrogen-bond donors (Lipinski definition) is 0. The van der Waals surface area contributed by atoms with E-state index >= 15 is 0 Å². The molecule has 2 aromatic carbocycles. The minimum absolute atomic E-state index is 0.289. The smallest absolute Gasteiger partial charge is 0.0825 e. The maximum atomic E-state index is 6.26. The fourth-order valence-electron chi connectivity index (χ4n) is 6.01. The minimum Gasteiger partial charge on any atom is -0.373 e. The maximum Gasteiger partial charge on any atom is 0.0825 e. The van der Waals surface area contributed by atoms with Gasteiger partial charge in [-0.15, -0.1) is 0 Å². The normalized spacial score (nSPS) is 26.2. The summed E-state index contributed by atoms with van der Waals surface area (Å²) in [5.74, 6) is 2.53. The lowest BCUT2D eigenvalue weighted by Gasteiger charge is -2.29. The van der Waals surface area contributed by atoms with E-state index in [9.17, 15) is 0 Å². The van der Waals surface area contributed by atoms with Crippen molar-refractivity contribution in [1.29, 1.82) is 0 Å². The fraction of sp³-hybridized carbons (Fsp3) is 0.613. The van der Waals surface area contributed by atoms with Crippen LogP contribution in [0.2, 0.25) is 0 Å². The van der Waals surface area contributed by atoms with Crippen molar-refractivity contribution >= 4 is 0 Å². The zero-order valence-electron chi connectivity index (χ0n) is 20.5. The zero-order chi connectivity index (χ0) is 22.2. The topological polar surface area (TPSA) is 9.23 Å². The van der Waals surface area contributed by atoms with Crippen molar-refractivity contribution in [3.8, 4) is 11.1 Å². The molecule has 0 radical (unpaired) electrons. The Bertz CT molecular complexity index is 774. The van der Waals surface area contributed by atoms with E-state index in [0.717, 1.165) is 24.4 Å². The predicted molar refractivity (Wildman–Crippen MR) is 137 cm³/mol. The molecule has 1 aliphatic carbocycles. The molecular formula is C31H44O. The average molecular weight is 433 g/mol. The van der Waals surface area contributed by atoms with E-state index in [0.29, 0.717) is 0 Å². The van der Waals surface area contributed by atoms with Gasteiger partial charge in [0.1, 0.15) is 0 Å². The van der Waals surface area contributed by atoms with E-state index in [-0.39, 0.29) is 6.10 Å². The molecule has 1 nitrogen and oxygen atoms in total. The third kappa shape index (κ3) is 6.25. The Morgan fingerprint density at radius 2 is 1.25 bits per heavy atom. The van der Waals surface area contributed by atoms with Gasteiger partial charge >= 0.3 is 0 Å². The monoisotopic (exact) mass is 432 g/mol. The van der Waals surface area contributed by atoms with Crippen molar-refractivity contribution in [2.24, 2.45) is 11.8 Å². The Labute approximate surface area is 197 Å². The van der Waals surface area contributed by atoms with Crippen molar-refractivity contribution in [2.45, 2.75) is 103 Å². The fourth-order valence-corrected chi connectivity index (χ4v) is 6.01. The Balaban J connectivity index is 1.29. The van der Waals surface area contributed by atoms with Gasteiger partial charge in [-0.3, -0.25) is 0 Å². The Morgan fingerprint density at radius 3 is 1.81 bits per heavy atom. The molecule has 1 aliphatic heterocycles. The number of unbranched alkanes of at least 4 members (excludes halogenated alkanes) is 2. The van der Waals surface area contributed by atoms with Crippen LogP contribution in [0.15, 0.2) is 48.5 Å². The van der Waals surface area contributed by atoms with Gasteiger partial charge < -0.3 is 4.74 Å². The van der Waals surface area contributed by atoms with Crippen LogP contribution < -0.4 is 0 Å². The molecule has 0 spiro atoms. The van der Waals surface area contributed by atoms with Gasteiger partial charge in [-0.2, -0.15) is 0 Å². The van der Waals surface area contributed by atoms with Crippen LogP contribution in [0.5, 0.6) is 0 Å². The van der Waals surface area contributed by atoms with Crippen molar-refractivity contribution < 1.29 is 4.74 Å². The highest BCUT2D eigenvalue weighted by atomic mass is 16.5. The van der Waals surface area contributed by atoms with Gasteiger partial charge in [-0.05, 0) is 85.0 Å². The number of hydrogen-bond acceptors (Lipinski definition) is 1. The van der Waals surface area contributed by atoms with Crippen LogP contribution in [0.4, 0.5) is 0 Å². The molecule has 1 saturated carbocycles. The molecule has 1 heterocycles. The summed E-state index contributed by atoms with van der Waals surface area (Å²) in [7, 11) is 0. The summed E-state index contributed by atoms with van der Waals surface area (Å²) in [6, 6.07) is 18.6. The molecule has 1 saturated heterocycles. The van der Waals surface area contributed by atoms with Crippen LogP contribution in [0, 0.1) is 11.8 Å². The van der Waals surface area contributed by atoms with Gasteiger partial charge in [0.2, 0.25) is 0 Å². The molecule has 0 N–H and O–H groups in total. The third-order valence-corrected chi connectivity index (χ3v) is 8.13. The van der Waals surface area contributed by atoms with Crippen LogP contribution in [0.1, 0.15) is 114 Å². The summed E-state index contributed by atoms with van der Waals surface area (Å²) in [5.41, 5.74) is 5.55. The molecule has 0 amide bonds. The molecule has 174 valence electrons. The number of rotatable bonds is 9. The lowest BCUT2D eigenvalue weighted by atomic mass is 9.77. The Kier molecular flexibility index (Phi) is 8.85. The van der Waals surface area contributed by atoms with E-state index in [4.69, 9.17) is 4.74 Å². The third-order valence-electron chi connectivity index (χ3n) is 8.13. The second-order valence-corrected chi connectivity index (χ2v) is 10.5. The van der Waals surface area contributed by atoms with Crippen LogP contribution in [0.25, 0.3) is 11.1 Å². The maximum absolute atomic E-state index is 6.26. The molecule has 32 heavy (non-hydrogen) atoms. The molecule has 2 atom stereocenters. The summed E-state index contributed by atoms with van der Waals surface area (Å²) in [6.07, 6.45) is 16.5. The molecule has 1 heteroatoms. The van der Waals surface area contributed by atoms with Crippen LogP contribution in [-0.2, 0) is 4.74 Å². The number of benzene rings is 2. The predicted octanol–water partition coefficient (Wildman–Crippen LogP) is 9.48. The van der Waals surface area contributed by atoms with E-state index in [2.05, 4.69) is 62.4 Å². The quantitative estimate of drug-likeness (QED) is 0.358. The van der Waals surface area contributed by atoms with Gasteiger partial charge in [0.25, 0.3) is 0 Å². The Morgan fingerprint density at radius 1 is 0.625 bits per heavy atom. The highest BCUT2D eigenvalue weighted by Crippen LogP contribution is 2.38. The van der Waals surface area contributed by atoms with E-state index in [1.165, 1.54) is 93.7 Å². The van der Waals surface area contributed by atoms with Gasteiger partial charge in [-0.1, -0.05) is 94.5 Å². The lowest BCUT2D eigenvalue weighted by Crippen LogP contribution is -2.20. The average Bonchev–Trinajstić information content (AvgIpc) is 2.86. The molecule has 2 fully saturated rings. The first-order chi connectivity index (χ1) is 15.8. The van der Waals surface area contributed by atoms with E-state index < -0.39 is 0 Å². The lowest BCUT2D eigenvalue weighted by molar-refractivity contribution is -0.0198. The highest BCUT2D eigenvalue weighted by Gasteiger charge is 2.23. The van der Waals surface area contributed by atoms with E-state index in [1.54, 1.807) is 5.56 Å². The van der Waals surface area contributed by atoms with Crippen LogP contribution in [-0.4, -0.2) is 6.61 Å². The zero-order valence-corrected chi connectivity index (χ0v) is 20.5. The van der Waals surface area contributed by atoms with Crippen LogP contribution in [0.3, 0.4) is 0 Å². The summed E-state index contributed by atoms with van der Waals surface area (Å²) < 4.78 is 6.26. The molecule has 2 aromatic rings. The second-order valence-electron chi connectivity index (χ2n) is 10.5. The SMILES string of the molecule is CCCCCC1CCC(c2ccc(-c3ccc([C@H]4CC[C@H](CCC)CC4)cc3)cc2)OC1. The first kappa shape index (κ1) is 23.6. The van der Waals surface area contributed by atoms with E-state index in [1.807, 2.05) is 0 Å². The van der Waals surface area contributed by atoms with Crippen molar-refractivity contribution in [2.75, 3.05) is 6.61 Å². The standard InChI is InChI=1S/C31H44O/c1-3-5-6-8-25-11-22-31(32-23-25)30-20-18-29(19-21-30)28-16-14-27(15-17-28)26-12-9-24(7-4-2)10-13-26/h14-21,24-26,31H,3-13,22-23H2,1-2H3/t24-,25?,26-,31?. The largest absolute Gasteiger partial charge is 0.373 e. The Hall–Kier alpha value is -1.60. The molecule has 0 aromatic heterocycles. The minimum atomic E-state index is 0.289. The van der Waals surface area contributed by atoms with Crippen molar-refractivity contribution in [3.05, 3.63) is 59.7 Å². The highest BCUT2D eigenvalue weighted by molar-refractivity contribution is 5.64. The van der Waals surface area contributed by atoms with Crippen molar-refractivity contribution in [3.63, 3.8) is 0 Å². The number of ether oxygens (including phenoxy) is 1. The van der Waals surface area contributed by atoms with Gasteiger partial charge in [0.05, 0.1) is 12.7 Å². The van der Waals surface area contributed by atoms with Gasteiger partial charge in [0, 0.05) is 0 Å². The first-order valence-corrected chi connectivity index (χ1v) is 13.6. The summed E-state index contributed by atoms with van der Waals surface area (Å²) >= 11 is 0. The molecule has 2 aliphatic rings. The molecule has 4 rings (SSSR count). The molecular weight excluding hydrogens is 388 g/mol. The molecule has 0 bridgehead atoms. The van der Waals surface area contributed by atoms with Gasteiger partial charge in [-0.25, -0.2) is 0 Å². The summed E-state index contributed by atoms with van der Waals surface area (Å²) in [4.78, 5) is 0. The van der Waals surface area contributed by atoms with Crippen LogP contribution >= 0.6 is 0 Å². The molecule has 2 unspecified atom stereocenters. The first-order valence-electron chi connectivity index (χ1n) is 13.6. The summed E-state index contributed by atoms with van der Waals surface area (Å²) in [6.45, 7) is 5.55. The van der Waals surface area contributed by atoms with Gasteiger partial charge in [0.15, 0.2) is 0 Å². The summed E-state index contributed by atoms with van der Waals surface area (Å²) in [5, 5.41) is 0.